The highest BCUT2D eigenvalue weighted by Gasteiger charge is 2.26. The van der Waals surface area contributed by atoms with Gasteiger partial charge in [0.25, 0.3) is 0 Å². The summed E-state index contributed by atoms with van der Waals surface area (Å²) in [5.41, 5.74) is 4.18. The van der Waals surface area contributed by atoms with E-state index in [1.54, 1.807) is 12.3 Å². The molecule has 7 heteroatoms. The van der Waals surface area contributed by atoms with E-state index in [0.29, 0.717) is 23.2 Å². The van der Waals surface area contributed by atoms with E-state index in [1.807, 2.05) is 24.4 Å². The molecule has 2 aliphatic rings. The summed E-state index contributed by atoms with van der Waals surface area (Å²) < 4.78 is 5.42. The Hall–Kier alpha value is -3.24. The maximum absolute atomic E-state index is 8.58. The van der Waals surface area contributed by atoms with E-state index in [0.717, 1.165) is 55.9 Å². The third-order valence-corrected chi connectivity index (χ3v) is 5.45. The van der Waals surface area contributed by atoms with Gasteiger partial charge in [0.1, 0.15) is 0 Å². The molecule has 1 aromatic heterocycles. The zero-order valence-electron chi connectivity index (χ0n) is 16.2. The molecule has 0 bridgehead atoms. The lowest BCUT2D eigenvalue weighted by atomic mass is 9.80. The van der Waals surface area contributed by atoms with Crippen LogP contribution in [-0.4, -0.2) is 48.5 Å². The highest BCUT2D eigenvalue weighted by Crippen LogP contribution is 2.29. The Bertz CT molecular complexity index is 980. The molecule has 148 valence electrons. The van der Waals surface area contributed by atoms with Gasteiger partial charge in [-0.15, -0.1) is 0 Å². The number of nitrogens with one attached hydrogen (secondary N) is 2. The Kier molecular flexibility index (Phi) is 5.82. The fourth-order valence-corrected chi connectivity index (χ4v) is 3.69. The van der Waals surface area contributed by atoms with E-state index in [4.69, 9.17) is 20.4 Å². The highest BCUT2D eigenvalue weighted by molar-refractivity contribution is 6.07. The first-order valence-corrected chi connectivity index (χ1v) is 9.89. The van der Waals surface area contributed by atoms with Crippen molar-refractivity contribution in [2.45, 2.75) is 18.9 Å². The first kappa shape index (κ1) is 19.1. The van der Waals surface area contributed by atoms with Crippen LogP contribution in [0.2, 0.25) is 0 Å². The molecule has 2 N–H and O–H groups in total. The van der Waals surface area contributed by atoms with Gasteiger partial charge in [-0.05, 0) is 37.0 Å². The summed E-state index contributed by atoms with van der Waals surface area (Å²) >= 11 is 0. The second-order valence-corrected chi connectivity index (χ2v) is 7.35. The number of rotatable bonds is 6. The Morgan fingerprint density at radius 3 is 2.86 bits per heavy atom. The summed E-state index contributed by atoms with van der Waals surface area (Å²) in [5.74, 6) is 0.463. The van der Waals surface area contributed by atoms with Crippen molar-refractivity contribution in [2.75, 3.05) is 31.2 Å². The molecule has 1 saturated heterocycles. The topological polar surface area (TPSA) is 97.9 Å². The van der Waals surface area contributed by atoms with Crippen LogP contribution in [0.3, 0.4) is 0 Å². The SMILES string of the molecule is N#C/C=C/C1CC(N/C=C(\C=N)c2cnc3cc(N4CCOCC4)ccc3n2)C1. The van der Waals surface area contributed by atoms with Crippen molar-refractivity contribution < 1.29 is 4.74 Å². The third-order valence-electron chi connectivity index (χ3n) is 5.45. The lowest BCUT2D eigenvalue weighted by Crippen LogP contribution is -2.37. The molecule has 1 aliphatic carbocycles. The van der Waals surface area contributed by atoms with Crippen LogP contribution in [-0.2, 0) is 4.74 Å². The van der Waals surface area contributed by atoms with E-state index in [-0.39, 0.29) is 0 Å². The van der Waals surface area contributed by atoms with Crippen molar-refractivity contribution in [1.82, 2.24) is 15.3 Å². The summed E-state index contributed by atoms with van der Waals surface area (Å²) in [6, 6.07) is 8.52. The largest absolute Gasteiger partial charge is 0.388 e. The van der Waals surface area contributed by atoms with E-state index < -0.39 is 0 Å². The molecular weight excluding hydrogens is 364 g/mol. The second-order valence-electron chi connectivity index (χ2n) is 7.35. The van der Waals surface area contributed by atoms with E-state index >= 15 is 0 Å². The number of nitrogens with zero attached hydrogens (tertiary/aromatic N) is 4. The number of fused-ring (bicyclic) bond motifs is 1. The molecule has 0 amide bonds. The van der Waals surface area contributed by atoms with E-state index in [2.05, 4.69) is 27.3 Å². The quantitative estimate of drug-likeness (QED) is 0.583. The van der Waals surface area contributed by atoms with Gasteiger partial charge in [-0.2, -0.15) is 5.26 Å². The Morgan fingerprint density at radius 1 is 1.28 bits per heavy atom. The molecule has 1 aromatic carbocycles. The van der Waals surface area contributed by atoms with Crippen molar-refractivity contribution in [1.29, 1.82) is 10.7 Å². The zero-order chi connectivity index (χ0) is 20.1. The molecular formula is C22H24N6O. The number of benzene rings is 1. The van der Waals surface area contributed by atoms with Gasteiger partial charge in [0.15, 0.2) is 0 Å². The van der Waals surface area contributed by atoms with Gasteiger partial charge in [-0.1, -0.05) is 6.08 Å². The van der Waals surface area contributed by atoms with Crippen molar-refractivity contribution in [3.63, 3.8) is 0 Å². The van der Waals surface area contributed by atoms with Crippen LogP contribution in [0, 0.1) is 22.7 Å². The Labute approximate surface area is 170 Å². The van der Waals surface area contributed by atoms with Gasteiger partial charge in [0.05, 0.1) is 42.2 Å². The molecule has 0 unspecified atom stereocenters. The van der Waals surface area contributed by atoms with Gasteiger partial charge in [0, 0.05) is 48.9 Å². The fraction of sp³-hybridized carbons (Fsp3) is 0.364. The van der Waals surface area contributed by atoms with Crippen LogP contribution >= 0.6 is 0 Å². The van der Waals surface area contributed by atoms with Crippen LogP contribution in [0.5, 0.6) is 0 Å². The molecule has 1 aliphatic heterocycles. The van der Waals surface area contributed by atoms with Gasteiger partial charge in [-0.25, -0.2) is 4.98 Å². The maximum Gasteiger partial charge on any atom is 0.0922 e. The highest BCUT2D eigenvalue weighted by atomic mass is 16.5. The molecule has 29 heavy (non-hydrogen) atoms. The van der Waals surface area contributed by atoms with E-state index in [9.17, 15) is 0 Å². The molecule has 0 atom stereocenters. The standard InChI is InChI=1S/C22H24N6O/c23-5-1-2-16-10-18(11-16)25-14-17(13-24)22-15-26-21-12-19(3-4-20(21)27-22)28-6-8-29-9-7-28/h1-4,12-16,18,24-25H,6-11H2/b2-1+,17-14+,24-13?. The number of aromatic nitrogens is 2. The van der Waals surface area contributed by atoms with Gasteiger partial charge in [-0.3, -0.25) is 4.98 Å². The van der Waals surface area contributed by atoms with E-state index in [1.165, 1.54) is 6.21 Å². The lowest BCUT2D eigenvalue weighted by Gasteiger charge is -2.33. The zero-order valence-corrected chi connectivity index (χ0v) is 16.2. The predicted molar refractivity (Wildman–Crippen MR) is 114 cm³/mol. The van der Waals surface area contributed by atoms with Crippen LogP contribution in [0.4, 0.5) is 5.69 Å². The molecule has 1 saturated carbocycles. The maximum atomic E-state index is 8.58. The predicted octanol–water partition coefficient (Wildman–Crippen LogP) is 2.90. The minimum atomic E-state index is 0.364. The molecule has 0 spiro atoms. The molecule has 0 radical (unpaired) electrons. The van der Waals surface area contributed by atoms with Crippen LogP contribution in [0.1, 0.15) is 18.5 Å². The average Bonchev–Trinajstić information content (AvgIpc) is 2.75. The number of ether oxygens (including phenoxy) is 1. The summed E-state index contributed by atoms with van der Waals surface area (Å²) in [6.07, 6.45) is 10.4. The van der Waals surface area contributed by atoms with Crippen molar-refractivity contribution in [2.24, 2.45) is 5.92 Å². The number of nitriles is 1. The third kappa shape index (κ3) is 4.44. The lowest BCUT2D eigenvalue weighted by molar-refractivity contribution is 0.122. The number of anilines is 1. The Morgan fingerprint density at radius 2 is 2.10 bits per heavy atom. The molecule has 2 aromatic rings. The monoisotopic (exact) mass is 388 g/mol. The fourth-order valence-electron chi connectivity index (χ4n) is 3.69. The summed E-state index contributed by atoms with van der Waals surface area (Å²) in [4.78, 5) is 11.6. The Balaban J connectivity index is 1.45. The normalized spacial score (nSPS) is 22.3. The van der Waals surface area contributed by atoms with Crippen LogP contribution in [0.25, 0.3) is 16.6 Å². The van der Waals surface area contributed by atoms with Crippen molar-refractivity contribution in [3.8, 4) is 6.07 Å². The molecule has 2 fully saturated rings. The smallest absolute Gasteiger partial charge is 0.0922 e. The van der Waals surface area contributed by atoms with Gasteiger partial charge < -0.3 is 20.4 Å². The first-order valence-electron chi connectivity index (χ1n) is 9.89. The number of morpholine rings is 1. The van der Waals surface area contributed by atoms with Gasteiger partial charge >= 0.3 is 0 Å². The molecule has 4 rings (SSSR count). The second kappa shape index (κ2) is 8.84. The molecule has 7 nitrogen and oxygen atoms in total. The number of allylic oxidation sites excluding steroid dienone is 3. The van der Waals surface area contributed by atoms with Gasteiger partial charge in [0.2, 0.25) is 0 Å². The van der Waals surface area contributed by atoms with Crippen molar-refractivity contribution in [3.05, 3.63) is 48.4 Å². The number of hydrogen-bond acceptors (Lipinski definition) is 7. The average molecular weight is 388 g/mol. The summed E-state index contributed by atoms with van der Waals surface area (Å²) in [7, 11) is 0. The van der Waals surface area contributed by atoms with Crippen LogP contribution < -0.4 is 10.2 Å². The summed E-state index contributed by atoms with van der Waals surface area (Å²) in [5, 5.41) is 19.7. The number of hydrogen-bond donors (Lipinski definition) is 2. The van der Waals surface area contributed by atoms with Crippen molar-refractivity contribution >= 4 is 28.5 Å². The minimum Gasteiger partial charge on any atom is -0.388 e. The minimum absolute atomic E-state index is 0.364. The molecule has 2 heterocycles. The first-order chi connectivity index (χ1) is 14.3. The van der Waals surface area contributed by atoms with Crippen LogP contribution in [0.15, 0.2) is 42.7 Å². The summed E-state index contributed by atoms with van der Waals surface area (Å²) in [6.45, 7) is 3.27.